The highest BCUT2D eigenvalue weighted by Crippen LogP contribution is 2.39. The van der Waals surface area contributed by atoms with Crippen LogP contribution in [-0.4, -0.2) is 4.98 Å². The van der Waals surface area contributed by atoms with Crippen LogP contribution in [0.1, 0.15) is 0 Å². The molecule has 4 aromatic carbocycles. The first-order valence-electron chi connectivity index (χ1n) is 11.0. The summed E-state index contributed by atoms with van der Waals surface area (Å²) in [6.07, 6.45) is 0. The Balaban J connectivity index is 1.44. The molecule has 1 aromatic heterocycles. The van der Waals surface area contributed by atoms with Gasteiger partial charge in [-0.15, -0.1) is 0 Å². The van der Waals surface area contributed by atoms with Gasteiger partial charge in [0.05, 0.1) is 0 Å². The van der Waals surface area contributed by atoms with Gasteiger partial charge in [-0.2, -0.15) is 4.98 Å². The molecule has 0 aliphatic rings. The Morgan fingerprint density at radius 2 is 0.647 bits per heavy atom. The van der Waals surface area contributed by atoms with Crippen LogP contribution in [0.2, 0.25) is 0 Å². The minimum Gasteiger partial charge on any atom is -0.447 e. The lowest BCUT2D eigenvalue weighted by molar-refractivity contribution is 0.554. The van der Waals surface area contributed by atoms with Crippen molar-refractivity contribution in [3.8, 4) is 11.8 Å². The van der Waals surface area contributed by atoms with Crippen molar-refractivity contribution in [2.75, 3.05) is 0 Å². The molecule has 0 aliphatic heterocycles. The van der Waals surface area contributed by atoms with Crippen LogP contribution in [0.25, 0.3) is 0 Å². The number of rotatable bonds is 8. The fraction of sp³-hybridized carbons (Fsp3) is 0. The lowest BCUT2D eigenvalue weighted by Gasteiger charge is -2.21. The summed E-state index contributed by atoms with van der Waals surface area (Å²) in [6, 6.07) is 46.9. The van der Waals surface area contributed by atoms with Crippen LogP contribution < -0.4 is 30.3 Å². The molecule has 0 bridgehead atoms. The molecule has 0 N–H and O–H groups in total. The monoisotopic (exact) mass is 479 g/mol. The molecular weight excluding hydrogens is 456 g/mol. The maximum absolute atomic E-state index is 6.50. The standard InChI is InChI=1S/C29H23NO2P2/c1-5-14-24(15-6-1)33(25-16-7-2-8-17-25)31-28-22-13-23-29(30-28)32-34(26-18-9-3-10-19-26)27-20-11-4-12-21-27/h1-23H. The van der Waals surface area contributed by atoms with E-state index < -0.39 is 16.3 Å². The molecule has 0 saturated heterocycles. The Labute approximate surface area is 202 Å². The van der Waals surface area contributed by atoms with Crippen molar-refractivity contribution in [3.05, 3.63) is 140 Å². The summed E-state index contributed by atoms with van der Waals surface area (Å²) in [7, 11) is -2.12. The largest absolute Gasteiger partial charge is 0.447 e. The zero-order valence-electron chi connectivity index (χ0n) is 18.4. The number of pyridine rings is 1. The van der Waals surface area contributed by atoms with Crippen molar-refractivity contribution in [2.24, 2.45) is 0 Å². The number of nitrogens with zero attached hydrogens (tertiary/aromatic N) is 1. The van der Waals surface area contributed by atoms with E-state index in [0.29, 0.717) is 11.8 Å². The summed E-state index contributed by atoms with van der Waals surface area (Å²) in [4.78, 5) is 4.74. The van der Waals surface area contributed by atoms with Gasteiger partial charge in [0.15, 0.2) is 16.3 Å². The maximum atomic E-state index is 6.50. The lowest BCUT2D eigenvalue weighted by Crippen LogP contribution is -2.16. The van der Waals surface area contributed by atoms with Crippen LogP contribution in [0.5, 0.6) is 11.8 Å². The molecule has 0 amide bonds. The predicted octanol–water partition coefficient (Wildman–Crippen LogP) is 5.94. The van der Waals surface area contributed by atoms with Crippen LogP contribution in [0, 0.1) is 0 Å². The van der Waals surface area contributed by atoms with Crippen molar-refractivity contribution in [1.82, 2.24) is 4.98 Å². The van der Waals surface area contributed by atoms with Crippen LogP contribution >= 0.6 is 16.3 Å². The molecule has 166 valence electrons. The fourth-order valence-electron chi connectivity index (χ4n) is 3.45. The molecule has 5 rings (SSSR count). The maximum Gasteiger partial charge on any atom is 0.219 e. The van der Waals surface area contributed by atoms with Crippen LogP contribution in [-0.2, 0) is 0 Å². The Morgan fingerprint density at radius 1 is 0.353 bits per heavy atom. The van der Waals surface area contributed by atoms with Crippen molar-refractivity contribution < 1.29 is 9.05 Å². The summed E-state index contributed by atoms with van der Waals surface area (Å²) in [5, 5.41) is 4.53. The zero-order valence-corrected chi connectivity index (χ0v) is 20.2. The van der Waals surface area contributed by atoms with Gasteiger partial charge in [0.25, 0.3) is 0 Å². The average Bonchev–Trinajstić information content (AvgIpc) is 2.92. The third-order valence-corrected chi connectivity index (χ3v) is 8.84. The van der Waals surface area contributed by atoms with Gasteiger partial charge in [0.1, 0.15) is 0 Å². The molecule has 5 heteroatoms. The van der Waals surface area contributed by atoms with Gasteiger partial charge >= 0.3 is 0 Å². The Kier molecular flexibility index (Phi) is 7.26. The number of benzene rings is 4. The van der Waals surface area contributed by atoms with E-state index in [1.54, 1.807) is 0 Å². The van der Waals surface area contributed by atoms with Gasteiger partial charge in [-0.1, -0.05) is 127 Å². The van der Waals surface area contributed by atoms with Crippen LogP contribution in [0.15, 0.2) is 140 Å². The Hall–Kier alpha value is -3.51. The topological polar surface area (TPSA) is 31.4 Å². The molecule has 3 nitrogen and oxygen atoms in total. The van der Waals surface area contributed by atoms with Gasteiger partial charge < -0.3 is 9.05 Å². The average molecular weight is 479 g/mol. The highest BCUT2D eigenvalue weighted by atomic mass is 31.1. The first-order valence-corrected chi connectivity index (χ1v) is 13.5. The summed E-state index contributed by atoms with van der Waals surface area (Å²) < 4.78 is 13.0. The normalized spacial score (nSPS) is 10.9. The molecule has 0 saturated carbocycles. The minimum atomic E-state index is -1.06. The van der Waals surface area contributed by atoms with Gasteiger partial charge in [-0.05, 0) is 0 Å². The number of hydrogen-bond acceptors (Lipinski definition) is 3. The van der Waals surface area contributed by atoms with E-state index in [-0.39, 0.29) is 0 Å². The summed E-state index contributed by atoms with van der Waals surface area (Å²) in [6.45, 7) is 0. The van der Waals surface area contributed by atoms with Crippen LogP contribution in [0.3, 0.4) is 0 Å². The second kappa shape index (κ2) is 11.1. The fourth-order valence-corrected chi connectivity index (χ4v) is 6.81. The molecule has 0 aliphatic carbocycles. The Morgan fingerprint density at radius 3 is 0.941 bits per heavy atom. The highest BCUT2D eigenvalue weighted by molar-refractivity contribution is 7.69. The van der Waals surface area contributed by atoms with Crippen molar-refractivity contribution in [1.29, 1.82) is 0 Å². The molecule has 0 atom stereocenters. The smallest absolute Gasteiger partial charge is 0.219 e. The SMILES string of the molecule is c1ccc(P(Oc2cccc(OP(c3ccccc3)c3ccccc3)n2)c2ccccc2)cc1. The summed E-state index contributed by atoms with van der Waals surface area (Å²) in [5.41, 5.74) is 0. The third kappa shape index (κ3) is 5.51. The summed E-state index contributed by atoms with van der Waals surface area (Å²) >= 11 is 0. The molecule has 0 fully saturated rings. The minimum absolute atomic E-state index is 0.549. The van der Waals surface area contributed by atoms with E-state index in [2.05, 4.69) is 48.5 Å². The second-order valence-electron chi connectivity index (χ2n) is 7.43. The van der Waals surface area contributed by atoms with Crippen LogP contribution in [0.4, 0.5) is 0 Å². The summed E-state index contributed by atoms with van der Waals surface area (Å²) in [5.74, 6) is 1.10. The molecule has 5 aromatic rings. The predicted molar refractivity (Wildman–Crippen MR) is 144 cm³/mol. The van der Waals surface area contributed by atoms with E-state index in [1.807, 2.05) is 91.0 Å². The molecule has 0 spiro atoms. The highest BCUT2D eigenvalue weighted by Gasteiger charge is 2.20. The second-order valence-corrected chi connectivity index (χ2v) is 11.0. The number of aromatic nitrogens is 1. The van der Waals surface area contributed by atoms with Gasteiger partial charge in [-0.25, -0.2) is 0 Å². The quantitative estimate of drug-likeness (QED) is 0.258. The van der Waals surface area contributed by atoms with Crippen molar-refractivity contribution in [3.63, 3.8) is 0 Å². The first-order chi connectivity index (χ1) is 16.9. The van der Waals surface area contributed by atoms with Gasteiger partial charge in [-0.3, -0.25) is 0 Å². The zero-order chi connectivity index (χ0) is 23.0. The van der Waals surface area contributed by atoms with E-state index in [0.717, 1.165) is 21.2 Å². The first kappa shape index (κ1) is 22.3. The molecule has 0 unspecified atom stereocenters. The van der Waals surface area contributed by atoms with E-state index >= 15 is 0 Å². The molecule has 1 heterocycles. The van der Waals surface area contributed by atoms with E-state index in [1.165, 1.54) is 0 Å². The molecule has 34 heavy (non-hydrogen) atoms. The van der Waals surface area contributed by atoms with E-state index in [9.17, 15) is 0 Å². The van der Waals surface area contributed by atoms with E-state index in [4.69, 9.17) is 14.0 Å². The number of hydrogen-bond donors (Lipinski definition) is 0. The molecular formula is C29H23NO2P2. The van der Waals surface area contributed by atoms with Crippen molar-refractivity contribution >= 4 is 37.5 Å². The van der Waals surface area contributed by atoms with Gasteiger partial charge in [0, 0.05) is 33.4 Å². The third-order valence-electron chi connectivity index (χ3n) is 5.03. The Bertz CT molecular complexity index is 1120. The van der Waals surface area contributed by atoms with Gasteiger partial charge in [0.2, 0.25) is 11.8 Å². The van der Waals surface area contributed by atoms with Crippen molar-refractivity contribution in [2.45, 2.75) is 0 Å². The molecule has 0 radical (unpaired) electrons. The lowest BCUT2D eigenvalue weighted by atomic mass is 10.4.